The lowest BCUT2D eigenvalue weighted by atomic mass is 10.0. The Morgan fingerprint density at radius 1 is 0.792 bits per heavy atom. The Balaban J connectivity index is 0.000000177. The van der Waals surface area contributed by atoms with Gasteiger partial charge in [-0.15, -0.1) is 11.3 Å². The molecular weight excluding hydrogens is 308 g/mol. The van der Waals surface area contributed by atoms with Crippen LogP contribution in [-0.4, -0.2) is 0 Å². The Bertz CT molecular complexity index is 725. The van der Waals surface area contributed by atoms with Crippen LogP contribution in [-0.2, 0) is 0 Å². The summed E-state index contributed by atoms with van der Waals surface area (Å²) in [6.07, 6.45) is 6.10. The molecule has 1 saturated carbocycles. The molecule has 1 aromatic heterocycles. The second-order valence-electron chi connectivity index (χ2n) is 5.40. The Morgan fingerprint density at radius 3 is 2.00 bits per heavy atom. The SMILES string of the molecule is C1=CC2CC2c2c1sc1ccccc21.CC.CC.c1ccccc1. The second-order valence-corrected chi connectivity index (χ2v) is 6.48. The highest BCUT2D eigenvalue weighted by Gasteiger charge is 2.41. The van der Waals surface area contributed by atoms with E-state index >= 15 is 0 Å². The van der Waals surface area contributed by atoms with Crippen LogP contribution in [0, 0.1) is 5.92 Å². The van der Waals surface area contributed by atoms with Crippen LogP contribution in [0.15, 0.2) is 66.7 Å². The maximum absolute atomic E-state index is 2.39. The molecule has 126 valence electrons. The molecule has 1 fully saturated rings. The highest BCUT2D eigenvalue weighted by molar-refractivity contribution is 7.20. The summed E-state index contributed by atoms with van der Waals surface area (Å²) in [7, 11) is 0. The normalized spacial score (nSPS) is 18.5. The summed E-state index contributed by atoms with van der Waals surface area (Å²) in [5, 5.41) is 1.50. The number of fused-ring (bicyclic) bond motifs is 5. The Morgan fingerprint density at radius 2 is 1.38 bits per heavy atom. The van der Waals surface area contributed by atoms with Crippen molar-refractivity contribution in [3.05, 3.63) is 77.2 Å². The lowest BCUT2D eigenvalue weighted by Gasteiger charge is -2.03. The van der Waals surface area contributed by atoms with Crippen LogP contribution < -0.4 is 0 Å². The van der Waals surface area contributed by atoms with Gasteiger partial charge in [0.05, 0.1) is 0 Å². The van der Waals surface area contributed by atoms with E-state index in [-0.39, 0.29) is 0 Å². The van der Waals surface area contributed by atoms with Crippen molar-refractivity contribution in [2.24, 2.45) is 5.92 Å². The summed E-state index contributed by atoms with van der Waals surface area (Å²) in [5.74, 6) is 1.71. The minimum Gasteiger partial charge on any atom is -0.136 e. The van der Waals surface area contributed by atoms with Crippen molar-refractivity contribution in [2.75, 3.05) is 0 Å². The van der Waals surface area contributed by atoms with Gasteiger partial charge in [0.25, 0.3) is 0 Å². The summed E-state index contributed by atoms with van der Waals surface area (Å²) in [6, 6.07) is 20.8. The Labute approximate surface area is 150 Å². The summed E-state index contributed by atoms with van der Waals surface area (Å²) < 4.78 is 1.45. The van der Waals surface area contributed by atoms with Gasteiger partial charge in [-0.2, -0.15) is 0 Å². The fourth-order valence-electron chi connectivity index (χ4n) is 2.95. The van der Waals surface area contributed by atoms with Crippen LogP contribution in [0.2, 0.25) is 0 Å². The van der Waals surface area contributed by atoms with Gasteiger partial charge < -0.3 is 0 Å². The van der Waals surface area contributed by atoms with Gasteiger partial charge in [0.1, 0.15) is 0 Å². The van der Waals surface area contributed by atoms with E-state index in [1.807, 2.05) is 75.4 Å². The van der Waals surface area contributed by atoms with E-state index in [9.17, 15) is 0 Å². The Kier molecular flexibility index (Phi) is 7.27. The first-order chi connectivity index (χ1) is 11.9. The van der Waals surface area contributed by atoms with Gasteiger partial charge in [-0.25, -0.2) is 0 Å². The lowest BCUT2D eigenvalue weighted by molar-refractivity contribution is 1.01. The summed E-state index contributed by atoms with van der Waals surface area (Å²) in [5.41, 5.74) is 1.64. The summed E-state index contributed by atoms with van der Waals surface area (Å²) in [6.45, 7) is 8.00. The third-order valence-electron chi connectivity index (χ3n) is 4.03. The van der Waals surface area contributed by atoms with E-state index in [1.165, 1.54) is 21.4 Å². The highest BCUT2D eigenvalue weighted by Crippen LogP contribution is 2.56. The molecule has 0 N–H and O–H groups in total. The first-order valence-corrected chi connectivity index (χ1v) is 9.95. The first kappa shape index (κ1) is 18.5. The molecule has 3 aromatic rings. The molecule has 0 bridgehead atoms. The van der Waals surface area contributed by atoms with Crippen molar-refractivity contribution in [3.63, 3.8) is 0 Å². The van der Waals surface area contributed by atoms with Crippen LogP contribution in [0.5, 0.6) is 0 Å². The van der Waals surface area contributed by atoms with Crippen LogP contribution in [0.4, 0.5) is 0 Å². The number of hydrogen-bond acceptors (Lipinski definition) is 1. The van der Waals surface area contributed by atoms with Crippen LogP contribution >= 0.6 is 11.3 Å². The van der Waals surface area contributed by atoms with Crippen molar-refractivity contribution in [2.45, 2.75) is 40.0 Å². The van der Waals surface area contributed by atoms with Crippen LogP contribution in [0.1, 0.15) is 50.5 Å². The molecule has 2 aliphatic carbocycles. The third kappa shape index (κ3) is 4.15. The van der Waals surface area contributed by atoms with Gasteiger partial charge in [-0.1, -0.05) is 88.4 Å². The van der Waals surface area contributed by atoms with Gasteiger partial charge >= 0.3 is 0 Å². The molecule has 0 saturated heterocycles. The van der Waals surface area contributed by atoms with Crippen LogP contribution in [0.3, 0.4) is 0 Å². The van der Waals surface area contributed by atoms with Crippen molar-refractivity contribution in [3.8, 4) is 0 Å². The zero-order valence-electron chi connectivity index (χ0n) is 15.2. The highest BCUT2D eigenvalue weighted by atomic mass is 32.1. The summed E-state index contributed by atoms with van der Waals surface area (Å²) in [4.78, 5) is 1.50. The van der Waals surface area contributed by atoms with E-state index in [2.05, 4.69) is 36.4 Å². The smallest absolute Gasteiger partial charge is 0.0352 e. The third-order valence-corrected chi connectivity index (χ3v) is 5.19. The van der Waals surface area contributed by atoms with Gasteiger partial charge in [0, 0.05) is 9.58 Å². The van der Waals surface area contributed by atoms with Gasteiger partial charge in [-0.05, 0) is 41.3 Å². The molecule has 2 unspecified atom stereocenters. The first-order valence-electron chi connectivity index (χ1n) is 9.13. The number of hydrogen-bond donors (Lipinski definition) is 0. The molecule has 0 spiro atoms. The molecule has 5 rings (SSSR count). The number of benzene rings is 2. The zero-order chi connectivity index (χ0) is 17.4. The second kappa shape index (κ2) is 9.44. The molecule has 2 aliphatic rings. The molecule has 0 aliphatic heterocycles. The molecule has 0 radical (unpaired) electrons. The predicted molar refractivity (Wildman–Crippen MR) is 111 cm³/mol. The van der Waals surface area contributed by atoms with Crippen LogP contribution in [0.25, 0.3) is 16.2 Å². The molecule has 0 nitrogen and oxygen atoms in total. The zero-order valence-corrected chi connectivity index (χ0v) is 16.0. The molecule has 2 atom stereocenters. The average Bonchev–Trinajstić information content (AvgIpc) is 3.39. The standard InChI is InChI=1S/C13H10S.C6H6.2C2H6/c1-2-4-11-9(3-1)13-10-7-8(10)5-6-12(13)14-11;1-2-4-6-5-3-1;2*1-2/h1-6,8,10H,7H2;1-6H;2*1-2H3. The summed E-state index contributed by atoms with van der Waals surface area (Å²) >= 11 is 1.94. The van der Waals surface area contributed by atoms with E-state index in [0.29, 0.717) is 0 Å². The minimum atomic E-state index is 0.853. The maximum atomic E-state index is 2.39. The average molecular weight is 337 g/mol. The molecule has 1 heterocycles. The van der Waals surface area contributed by atoms with Crippen molar-refractivity contribution < 1.29 is 0 Å². The largest absolute Gasteiger partial charge is 0.136 e. The van der Waals surface area contributed by atoms with Gasteiger partial charge in [0.2, 0.25) is 0 Å². The fourth-order valence-corrected chi connectivity index (χ4v) is 4.14. The molecule has 0 amide bonds. The molecule has 1 heteroatoms. The number of thiophene rings is 1. The molecule has 2 aromatic carbocycles. The van der Waals surface area contributed by atoms with Crippen molar-refractivity contribution in [1.82, 2.24) is 0 Å². The quantitative estimate of drug-likeness (QED) is 0.393. The van der Waals surface area contributed by atoms with Crippen molar-refractivity contribution >= 4 is 27.5 Å². The van der Waals surface area contributed by atoms with E-state index in [4.69, 9.17) is 0 Å². The number of rotatable bonds is 0. The maximum Gasteiger partial charge on any atom is 0.0352 e. The topological polar surface area (TPSA) is 0 Å². The van der Waals surface area contributed by atoms with E-state index < -0.39 is 0 Å². The van der Waals surface area contributed by atoms with E-state index in [0.717, 1.165) is 11.8 Å². The Hall–Kier alpha value is -1.86. The van der Waals surface area contributed by atoms with Gasteiger partial charge in [-0.3, -0.25) is 0 Å². The van der Waals surface area contributed by atoms with E-state index in [1.54, 1.807) is 5.56 Å². The number of allylic oxidation sites excluding steroid dienone is 1. The van der Waals surface area contributed by atoms with Crippen molar-refractivity contribution in [1.29, 1.82) is 0 Å². The monoisotopic (exact) mass is 336 g/mol. The lowest BCUT2D eigenvalue weighted by Crippen LogP contribution is -1.86. The minimum absolute atomic E-state index is 0.853. The molecular formula is C23H28S. The molecule has 24 heavy (non-hydrogen) atoms. The predicted octanol–water partition coefficient (Wildman–Crippen LogP) is 7.77. The van der Waals surface area contributed by atoms with Gasteiger partial charge in [0.15, 0.2) is 0 Å². The fraction of sp³-hybridized carbons (Fsp3) is 0.304.